The summed E-state index contributed by atoms with van der Waals surface area (Å²) in [6, 6.07) is 0. The van der Waals surface area contributed by atoms with Crippen LogP contribution in [0.1, 0.15) is 39.5 Å². The van der Waals surface area contributed by atoms with Crippen LogP contribution in [0.4, 0.5) is 0 Å². The zero-order valence-corrected chi connectivity index (χ0v) is 9.95. The molecule has 0 saturated heterocycles. The van der Waals surface area contributed by atoms with Gasteiger partial charge in [0.05, 0.1) is 5.41 Å². The molecule has 0 heterocycles. The molecule has 0 aromatic carbocycles. The first-order chi connectivity index (χ1) is 7.03. The van der Waals surface area contributed by atoms with Crippen LogP contribution in [0.2, 0.25) is 0 Å². The number of ether oxygens (including phenoxy) is 1. The topological polar surface area (TPSA) is 46.5 Å². The van der Waals surface area contributed by atoms with Gasteiger partial charge in [0.25, 0.3) is 0 Å². The number of methoxy groups -OCH3 is 1. The van der Waals surface area contributed by atoms with Crippen molar-refractivity contribution >= 4 is 5.97 Å². The second-order valence-corrected chi connectivity index (χ2v) is 5.02. The van der Waals surface area contributed by atoms with Crippen molar-refractivity contribution in [3.8, 4) is 0 Å². The highest BCUT2D eigenvalue weighted by Gasteiger charge is 2.45. The lowest BCUT2D eigenvalue weighted by Crippen LogP contribution is -2.43. The minimum absolute atomic E-state index is 0.0998. The first-order valence-corrected chi connectivity index (χ1v) is 5.75. The SMILES string of the molecule is COCC(C)C1(C(=O)O)CCCC(C)C1. The lowest BCUT2D eigenvalue weighted by atomic mass is 9.64. The van der Waals surface area contributed by atoms with Crippen molar-refractivity contribution in [2.45, 2.75) is 39.5 Å². The van der Waals surface area contributed by atoms with Crippen molar-refractivity contribution in [1.82, 2.24) is 0 Å². The van der Waals surface area contributed by atoms with Gasteiger partial charge in [-0.15, -0.1) is 0 Å². The van der Waals surface area contributed by atoms with Crippen LogP contribution in [0.3, 0.4) is 0 Å². The summed E-state index contributed by atoms with van der Waals surface area (Å²) >= 11 is 0. The molecule has 0 aromatic heterocycles. The van der Waals surface area contributed by atoms with Gasteiger partial charge in [-0.1, -0.05) is 26.7 Å². The minimum atomic E-state index is -0.640. The molecule has 1 aliphatic carbocycles. The molecule has 0 radical (unpaired) electrons. The van der Waals surface area contributed by atoms with Crippen LogP contribution in [-0.4, -0.2) is 24.8 Å². The van der Waals surface area contributed by atoms with E-state index in [0.29, 0.717) is 12.5 Å². The van der Waals surface area contributed by atoms with Crippen LogP contribution in [-0.2, 0) is 9.53 Å². The first kappa shape index (κ1) is 12.5. The Labute approximate surface area is 91.8 Å². The highest BCUT2D eigenvalue weighted by Crippen LogP contribution is 2.45. The van der Waals surface area contributed by atoms with Gasteiger partial charge in [0.15, 0.2) is 0 Å². The summed E-state index contributed by atoms with van der Waals surface area (Å²) in [5.41, 5.74) is -0.548. The lowest BCUT2D eigenvalue weighted by molar-refractivity contribution is -0.157. The number of carboxylic acid groups (broad SMARTS) is 1. The summed E-state index contributed by atoms with van der Waals surface area (Å²) in [7, 11) is 1.64. The number of hydrogen-bond acceptors (Lipinski definition) is 2. The normalized spacial score (nSPS) is 33.7. The van der Waals surface area contributed by atoms with Crippen molar-refractivity contribution in [2.75, 3.05) is 13.7 Å². The largest absolute Gasteiger partial charge is 0.481 e. The van der Waals surface area contributed by atoms with E-state index in [1.807, 2.05) is 6.92 Å². The average Bonchev–Trinajstić information content (AvgIpc) is 2.17. The summed E-state index contributed by atoms with van der Waals surface area (Å²) in [5, 5.41) is 9.45. The van der Waals surface area contributed by atoms with Crippen LogP contribution < -0.4 is 0 Å². The smallest absolute Gasteiger partial charge is 0.310 e. The summed E-state index contributed by atoms with van der Waals surface area (Å²) in [6.07, 6.45) is 3.79. The summed E-state index contributed by atoms with van der Waals surface area (Å²) in [4.78, 5) is 11.5. The number of rotatable bonds is 4. The van der Waals surface area contributed by atoms with Crippen LogP contribution in [0, 0.1) is 17.3 Å². The number of hydrogen-bond donors (Lipinski definition) is 1. The first-order valence-electron chi connectivity index (χ1n) is 5.75. The van der Waals surface area contributed by atoms with Gasteiger partial charge in [0.1, 0.15) is 0 Å². The van der Waals surface area contributed by atoms with Crippen molar-refractivity contribution in [3.05, 3.63) is 0 Å². The predicted octanol–water partition coefficient (Wildman–Crippen LogP) is 2.55. The Morgan fingerprint density at radius 1 is 1.67 bits per heavy atom. The van der Waals surface area contributed by atoms with Crippen molar-refractivity contribution in [2.24, 2.45) is 17.3 Å². The summed E-state index contributed by atoms with van der Waals surface area (Å²) < 4.78 is 5.10. The van der Waals surface area contributed by atoms with Gasteiger partial charge in [0.2, 0.25) is 0 Å². The van der Waals surface area contributed by atoms with E-state index in [-0.39, 0.29) is 5.92 Å². The van der Waals surface area contributed by atoms with E-state index < -0.39 is 11.4 Å². The molecular formula is C12H22O3. The molecule has 1 N–H and O–H groups in total. The van der Waals surface area contributed by atoms with Crippen molar-refractivity contribution < 1.29 is 14.6 Å². The minimum Gasteiger partial charge on any atom is -0.481 e. The van der Waals surface area contributed by atoms with Gasteiger partial charge < -0.3 is 9.84 Å². The van der Waals surface area contributed by atoms with E-state index in [2.05, 4.69) is 6.92 Å². The molecule has 3 unspecified atom stereocenters. The van der Waals surface area contributed by atoms with Crippen LogP contribution >= 0.6 is 0 Å². The highest BCUT2D eigenvalue weighted by molar-refractivity contribution is 5.75. The Bertz CT molecular complexity index is 227. The maximum absolute atomic E-state index is 11.5. The maximum Gasteiger partial charge on any atom is 0.310 e. The monoisotopic (exact) mass is 214 g/mol. The standard InChI is InChI=1S/C12H22O3/c1-9-5-4-6-12(7-9,11(13)14)10(2)8-15-3/h9-10H,4-8H2,1-3H3,(H,13,14). The zero-order valence-electron chi connectivity index (χ0n) is 9.95. The Balaban J connectivity index is 2.81. The maximum atomic E-state index is 11.5. The Hall–Kier alpha value is -0.570. The van der Waals surface area contributed by atoms with E-state index in [1.165, 1.54) is 0 Å². The molecule has 0 aliphatic heterocycles. The zero-order chi connectivity index (χ0) is 11.5. The highest BCUT2D eigenvalue weighted by atomic mass is 16.5. The average molecular weight is 214 g/mol. The second-order valence-electron chi connectivity index (χ2n) is 5.02. The van der Waals surface area contributed by atoms with E-state index in [9.17, 15) is 9.90 Å². The number of carbonyl (C=O) groups is 1. The number of aliphatic carboxylic acids is 1. The number of carboxylic acids is 1. The second kappa shape index (κ2) is 4.97. The van der Waals surface area contributed by atoms with E-state index in [0.717, 1.165) is 25.7 Å². The van der Waals surface area contributed by atoms with Crippen molar-refractivity contribution in [1.29, 1.82) is 0 Å². The van der Waals surface area contributed by atoms with E-state index in [1.54, 1.807) is 7.11 Å². The summed E-state index contributed by atoms with van der Waals surface area (Å²) in [6.45, 7) is 4.69. The molecule has 1 rings (SSSR count). The van der Waals surface area contributed by atoms with Gasteiger partial charge in [-0.25, -0.2) is 0 Å². The molecule has 0 spiro atoms. The molecule has 0 aromatic rings. The van der Waals surface area contributed by atoms with Gasteiger partial charge in [-0.2, -0.15) is 0 Å². The van der Waals surface area contributed by atoms with E-state index >= 15 is 0 Å². The predicted molar refractivity (Wildman–Crippen MR) is 58.7 cm³/mol. The van der Waals surface area contributed by atoms with Gasteiger partial charge in [0, 0.05) is 13.7 Å². The summed E-state index contributed by atoms with van der Waals surface area (Å²) in [5.74, 6) is -0.0180. The fourth-order valence-electron chi connectivity index (χ4n) is 2.85. The molecule has 1 saturated carbocycles. The van der Waals surface area contributed by atoms with Crippen LogP contribution in [0.5, 0.6) is 0 Å². The fourth-order valence-corrected chi connectivity index (χ4v) is 2.85. The molecule has 1 fully saturated rings. The Morgan fingerprint density at radius 3 is 2.80 bits per heavy atom. The molecule has 0 bridgehead atoms. The fraction of sp³-hybridized carbons (Fsp3) is 0.917. The molecule has 88 valence electrons. The van der Waals surface area contributed by atoms with Crippen molar-refractivity contribution in [3.63, 3.8) is 0 Å². The third kappa shape index (κ3) is 2.51. The third-order valence-corrected chi connectivity index (χ3v) is 3.82. The Morgan fingerprint density at radius 2 is 2.33 bits per heavy atom. The quantitative estimate of drug-likeness (QED) is 0.782. The van der Waals surface area contributed by atoms with Crippen LogP contribution in [0.25, 0.3) is 0 Å². The molecular weight excluding hydrogens is 192 g/mol. The lowest BCUT2D eigenvalue weighted by Gasteiger charge is -2.40. The third-order valence-electron chi connectivity index (χ3n) is 3.82. The molecule has 15 heavy (non-hydrogen) atoms. The van der Waals surface area contributed by atoms with Gasteiger partial charge in [-0.3, -0.25) is 4.79 Å². The molecule has 0 amide bonds. The van der Waals surface area contributed by atoms with E-state index in [4.69, 9.17) is 4.74 Å². The van der Waals surface area contributed by atoms with Crippen LogP contribution in [0.15, 0.2) is 0 Å². The molecule has 3 nitrogen and oxygen atoms in total. The molecule has 3 atom stereocenters. The molecule has 3 heteroatoms. The Kier molecular flexibility index (Phi) is 4.14. The van der Waals surface area contributed by atoms with Gasteiger partial charge in [-0.05, 0) is 24.7 Å². The molecule has 1 aliphatic rings. The van der Waals surface area contributed by atoms with Gasteiger partial charge >= 0.3 is 5.97 Å².